The smallest absolute Gasteiger partial charge is 0.226 e. The van der Waals surface area contributed by atoms with E-state index >= 15 is 0 Å². The molecule has 21 heavy (non-hydrogen) atoms. The van der Waals surface area contributed by atoms with Gasteiger partial charge in [0, 0.05) is 26.1 Å². The molecule has 0 unspecified atom stereocenters. The van der Waals surface area contributed by atoms with Crippen LogP contribution >= 0.6 is 11.8 Å². The Balaban J connectivity index is 1.75. The van der Waals surface area contributed by atoms with E-state index in [1.54, 1.807) is 7.11 Å². The lowest BCUT2D eigenvalue weighted by Crippen LogP contribution is -2.45. The number of aromatic nitrogens is 3. The molecule has 1 fully saturated rings. The fourth-order valence-electron chi connectivity index (χ4n) is 3.16. The zero-order chi connectivity index (χ0) is 14.8. The van der Waals surface area contributed by atoms with Crippen LogP contribution in [0.25, 0.3) is 0 Å². The fraction of sp³-hybridized carbons (Fsp3) is 0.786. The van der Waals surface area contributed by atoms with Crippen LogP contribution in [0.2, 0.25) is 0 Å². The summed E-state index contributed by atoms with van der Waals surface area (Å²) in [6.45, 7) is 4.02. The third kappa shape index (κ3) is 2.81. The Hall–Kier alpha value is -1.08. The summed E-state index contributed by atoms with van der Waals surface area (Å²) in [5.74, 6) is 4.43. The number of hydrogen-bond donors (Lipinski definition) is 0. The van der Waals surface area contributed by atoms with Crippen molar-refractivity contribution in [2.75, 3.05) is 25.2 Å². The largest absolute Gasteiger partial charge is 0.377 e. The van der Waals surface area contributed by atoms with Gasteiger partial charge in [-0.2, -0.15) is 11.8 Å². The first-order valence-electron chi connectivity index (χ1n) is 7.51. The van der Waals surface area contributed by atoms with E-state index < -0.39 is 0 Å². The maximum Gasteiger partial charge on any atom is 0.226 e. The monoisotopic (exact) mass is 310 g/mol. The summed E-state index contributed by atoms with van der Waals surface area (Å²) < 4.78 is 7.24. The summed E-state index contributed by atoms with van der Waals surface area (Å²) in [6.07, 6.45) is 2.02. The lowest BCUT2D eigenvalue weighted by atomic mass is 9.99. The van der Waals surface area contributed by atoms with E-state index in [4.69, 9.17) is 4.74 Å². The molecule has 0 spiro atoms. The van der Waals surface area contributed by atoms with Crippen molar-refractivity contribution in [3.05, 3.63) is 11.6 Å². The molecular weight excluding hydrogens is 288 g/mol. The normalized spacial score (nSPS) is 23.1. The molecule has 2 aliphatic rings. The summed E-state index contributed by atoms with van der Waals surface area (Å²) in [5.41, 5.74) is 0. The second kappa shape index (κ2) is 6.36. The molecule has 116 valence electrons. The fourth-order valence-corrected chi connectivity index (χ4v) is 4.27. The second-order valence-electron chi connectivity index (χ2n) is 5.65. The van der Waals surface area contributed by atoms with Crippen molar-refractivity contribution in [2.45, 2.75) is 39.0 Å². The van der Waals surface area contributed by atoms with Crippen LogP contribution in [0.15, 0.2) is 0 Å². The predicted molar refractivity (Wildman–Crippen MR) is 80.9 cm³/mol. The molecule has 0 aliphatic carbocycles. The average Bonchev–Trinajstić information content (AvgIpc) is 2.92. The van der Waals surface area contributed by atoms with E-state index in [1.807, 2.05) is 23.6 Å². The molecular formula is C14H22N4O2S. The van der Waals surface area contributed by atoms with Gasteiger partial charge in [0.05, 0.1) is 6.04 Å². The number of carbonyl (C=O) groups excluding carboxylic acids is 1. The van der Waals surface area contributed by atoms with Gasteiger partial charge in [0.1, 0.15) is 6.61 Å². The number of amides is 1. The molecule has 1 aromatic rings. The number of methoxy groups -OCH3 is 1. The van der Waals surface area contributed by atoms with Crippen LogP contribution in [-0.2, 0) is 22.7 Å². The maximum absolute atomic E-state index is 12.7. The first-order valence-corrected chi connectivity index (χ1v) is 8.67. The number of thioether (sulfide) groups is 1. The maximum atomic E-state index is 12.7. The van der Waals surface area contributed by atoms with Gasteiger partial charge in [0.2, 0.25) is 5.91 Å². The van der Waals surface area contributed by atoms with Crippen LogP contribution in [0.5, 0.6) is 0 Å². The Morgan fingerprint density at radius 2 is 2.10 bits per heavy atom. The molecule has 1 atom stereocenters. The van der Waals surface area contributed by atoms with Gasteiger partial charge in [-0.25, -0.2) is 0 Å². The highest BCUT2D eigenvalue weighted by Crippen LogP contribution is 2.30. The molecule has 1 saturated heterocycles. The van der Waals surface area contributed by atoms with E-state index in [-0.39, 0.29) is 12.0 Å². The topological polar surface area (TPSA) is 60.3 Å². The zero-order valence-electron chi connectivity index (χ0n) is 12.6. The number of nitrogens with zero attached hydrogens (tertiary/aromatic N) is 4. The van der Waals surface area contributed by atoms with Crippen molar-refractivity contribution < 1.29 is 9.53 Å². The van der Waals surface area contributed by atoms with E-state index in [9.17, 15) is 4.79 Å². The quantitative estimate of drug-likeness (QED) is 0.846. The molecule has 3 rings (SSSR count). The van der Waals surface area contributed by atoms with Crippen LogP contribution in [0, 0.1) is 5.92 Å². The first kappa shape index (κ1) is 14.8. The van der Waals surface area contributed by atoms with Gasteiger partial charge < -0.3 is 14.2 Å². The number of carbonyl (C=O) groups is 1. The highest BCUT2D eigenvalue weighted by atomic mass is 32.2. The standard InChI is InChI=1S/C14H22N4O2S/c1-10-13-16-15-12(9-20-2)18(13)6-5-17(10)14(19)11-3-7-21-8-4-11/h10-11H,3-9H2,1-2H3/t10-/m1/s1. The van der Waals surface area contributed by atoms with Crippen LogP contribution in [0.3, 0.4) is 0 Å². The Morgan fingerprint density at radius 1 is 1.33 bits per heavy atom. The minimum absolute atomic E-state index is 0.000985. The summed E-state index contributed by atoms with van der Waals surface area (Å²) in [4.78, 5) is 14.7. The summed E-state index contributed by atoms with van der Waals surface area (Å²) >= 11 is 1.95. The number of rotatable bonds is 3. The van der Waals surface area contributed by atoms with Crippen molar-refractivity contribution in [2.24, 2.45) is 5.92 Å². The minimum Gasteiger partial charge on any atom is -0.377 e. The average molecular weight is 310 g/mol. The van der Waals surface area contributed by atoms with Crippen molar-refractivity contribution in [1.29, 1.82) is 0 Å². The third-order valence-corrected chi connectivity index (χ3v) is 5.44. The summed E-state index contributed by atoms with van der Waals surface area (Å²) in [5, 5.41) is 8.46. The Bertz CT molecular complexity index is 513. The molecule has 0 N–H and O–H groups in total. The molecule has 1 aromatic heterocycles. The first-order chi connectivity index (χ1) is 10.2. The summed E-state index contributed by atoms with van der Waals surface area (Å²) in [7, 11) is 1.66. The van der Waals surface area contributed by atoms with Crippen molar-refractivity contribution in [1.82, 2.24) is 19.7 Å². The van der Waals surface area contributed by atoms with Gasteiger partial charge in [-0.3, -0.25) is 4.79 Å². The molecule has 0 bridgehead atoms. The SMILES string of the molecule is COCc1nnc2n1CCN(C(=O)C1CCSCC1)[C@@H]2C. The number of fused-ring (bicyclic) bond motifs is 1. The molecule has 1 amide bonds. The van der Waals surface area contributed by atoms with E-state index in [0.717, 1.165) is 49.1 Å². The summed E-state index contributed by atoms with van der Waals surface area (Å²) in [6, 6.07) is -0.000985. The lowest BCUT2D eigenvalue weighted by Gasteiger charge is -2.36. The Morgan fingerprint density at radius 3 is 2.81 bits per heavy atom. The van der Waals surface area contributed by atoms with Gasteiger partial charge in [0.15, 0.2) is 11.6 Å². The lowest BCUT2D eigenvalue weighted by molar-refractivity contribution is -0.139. The molecule has 6 nitrogen and oxygen atoms in total. The van der Waals surface area contributed by atoms with E-state index in [2.05, 4.69) is 14.8 Å². The highest BCUT2D eigenvalue weighted by molar-refractivity contribution is 7.99. The Kier molecular flexibility index (Phi) is 4.49. The molecule has 3 heterocycles. The number of ether oxygens (including phenoxy) is 1. The van der Waals surface area contributed by atoms with Crippen LogP contribution in [0.4, 0.5) is 0 Å². The van der Waals surface area contributed by atoms with Gasteiger partial charge >= 0.3 is 0 Å². The molecule has 0 radical (unpaired) electrons. The molecule has 7 heteroatoms. The predicted octanol–water partition coefficient (Wildman–Crippen LogP) is 1.47. The van der Waals surface area contributed by atoms with Crippen molar-refractivity contribution in [3.8, 4) is 0 Å². The van der Waals surface area contributed by atoms with Crippen molar-refractivity contribution in [3.63, 3.8) is 0 Å². The highest BCUT2D eigenvalue weighted by Gasteiger charge is 2.34. The minimum atomic E-state index is -0.000985. The van der Waals surface area contributed by atoms with Gasteiger partial charge in [-0.05, 0) is 31.3 Å². The van der Waals surface area contributed by atoms with E-state index in [1.165, 1.54) is 0 Å². The molecule has 0 aromatic carbocycles. The van der Waals surface area contributed by atoms with Gasteiger partial charge in [0.25, 0.3) is 0 Å². The van der Waals surface area contributed by atoms with Gasteiger partial charge in [-0.15, -0.1) is 10.2 Å². The van der Waals surface area contributed by atoms with Gasteiger partial charge in [-0.1, -0.05) is 0 Å². The third-order valence-electron chi connectivity index (χ3n) is 4.39. The number of hydrogen-bond acceptors (Lipinski definition) is 5. The molecule has 0 saturated carbocycles. The Labute approximate surface area is 129 Å². The molecule has 2 aliphatic heterocycles. The van der Waals surface area contributed by atoms with Crippen LogP contribution in [0.1, 0.15) is 37.5 Å². The van der Waals surface area contributed by atoms with Crippen molar-refractivity contribution >= 4 is 17.7 Å². The zero-order valence-corrected chi connectivity index (χ0v) is 13.4. The van der Waals surface area contributed by atoms with Crippen LogP contribution < -0.4 is 0 Å². The van der Waals surface area contributed by atoms with E-state index in [0.29, 0.717) is 12.5 Å². The second-order valence-corrected chi connectivity index (χ2v) is 6.88. The van der Waals surface area contributed by atoms with Crippen LogP contribution in [-0.4, -0.2) is 50.7 Å².